The number of rotatable bonds is 9. The number of nitrogens with zero attached hydrogens (tertiary/aromatic N) is 2. The third kappa shape index (κ3) is 6.87. The minimum absolute atomic E-state index is 0.0665. The number of nitrogens with one attached hydrogen (secondary N) is 1. The molecule has 1 atom stereocenters. The molecule has 4 N–H and O–H groups in total. The fourth-order valence-electron chi connectivity index (χ4n) is 4.14. The van der Waals surface area contributed by atoms with E-state index in [1.807, 2.05) is 43.2 Å². The van der Waals surface area contributed by atoms with Crippen molar-refractivity contribution in [1.29, 1.82) is 0 Å². The van der Waals surface area contributed by atoms with E-state index in [2.05, 4.69) is 17.2 Å². The number of amides is 1. The van der Waals surface area contributed by atoms with Crippen molar-refractivity contribution in [1.82, 2.24) is 10.2 Å². The Hall–Kier alpha value is -1.74. The lowest BCUT2D eigenvalue weighted by atomic mass is 9.74. The fraction of sp³-hybridized carbons (Fsp3) is 0.652. The van der Waals surface area contributed by atoms with Gasteiger partial charge in [-0.25, -0.2) is 4.99 Å². The number of aliphatic hydroxyl groups excluding tert-OH is 1. The summed E-state index contributed by atoms with van der Waals surface area (Å²) in [6.45, 7) is 10.1. The van der Waals surface area contributed by atoms with Crippen molar-refractivity contribution in [2.45, 2.75) is 65.4 Å². The predicted molar refractivity (Wildman–Crippen MR) is 126 cm³/mol. The zero-order valence-electron chi connectivity index (χ0n) is 19.1. The minimum atomic E-state index is -0.950. The maximum atomic E-state index is 13.3. The minimum Gasteiger partial charge on any atom is -0.387 e. The Morgan fingerprint density at radius 3 is 2.84 bits per heavy atom. The highest BCUT2D eigenvalue weighted by Gasteiger charge is 2.33. The molecule has 1 aliphatic carbocycles. The number of amidine groups is 1. The van der Waals surface area contributed by atoms with Gasteiger partial charge in [0.25, 0.3) is 0 Å². The molecule has 1 aromatic rings. The fourth-order valence-corrected chi connectivity index (χ4v) is 4.93. The summed E-state index contributed by atoms with van der Waals surface area (Å²) in [5.74, 6) is 1.53. The van der Waals surface area contributed by atoms with Crippen LogP contribution < -0.4 is 11.1 Å². The largest absolute Gasteiger partial charge is 0.387 e. The summed E-state index contributed by atoms with van der Waals surface area (Å²) >= 11 is 1.58. The smallest absolute Gasteiger partial charge is 0.250 e. The van der Waals surface area contributed by atoms with Crippen molar-refractivity contribution in [2.75, 3.05) is 19.6 Å². The van der Waals surface area contributed by atoms with Crippen molar-refractivity contribution in [3.8, 4) is 0 Å². The monoisotopic (exact) mass is 448 g/mol. The lowest BCUT2D eigenvalue weighted by Gasteiger charge is -2.39. The number of carbonyl (C=O) groups excluding carboxylic acids is 1. The van der Waals surface area contributed by atoms with Crippen LogP contribution in [0.3, 0.4) is 0 Å². The van der Waals surface area contributed by atoms with Crippen LogP contribution in [0.1, 0.15) is 58.3 Å². The van der Waals surface area contributed by atoms with Crippen molar-refractivity contribution in [3.63, 3.8) is 0 Å². The molecule has 0 saturated heterocycles. The molecule has 172 valence electrons. The highest BCUT2D eigenvalue weighted by molar-refractivity contribution is 7.11. The Morgan fingerprint density at radius 1 is 1.42 bits per heavy atom. The Morgan fingerprint density at radius 2 is 2.16 bits per heavy atom. The molecule has 1 fully saturated rings. The molecule has 7 nitrogen and oxygen atoms in total. The molecule has 31 heavy (non-hydrogen) atoms. The van der Waals surface area contributed by atoms with Crippen LogP contribution in [-0.4, -0.2) is 53.4 Å². The molecular formula is C23H36N4O3S. The van der Waals surface area contributed by atoms with E-state index in [0.29, 0.717) is 24.1 Å². The molecule has 2 aliphatic rings. The van der Waals surface area contributed by atoms with E-state index in [1.54, 1.807) is 11.3 Å². The van der Waals surface area contributed by atoms with E-state index in [-0.39, 0.29) is 11.5 Å². The number of carbonyl (C=O) groups is 1. The Labute approximate surface area is 189 Å². The summed E-state index contributed by atoms with van der Waals surface area (Å²) < 4.78 is 5.48. The SMILES string of the molecule is CCCN(C[C@H]1C[C@@H](CNC(O)OC(C)(C)C)C1)C(=O)C1=Cc2sccc2N=C(N)C1. The lowest BCUT2D eigenvalue weighted by Crippen LogP contribution is -2.45. The highest BCUT2D eigenvalue weighted by Crippen LogP contribution is 2.35. The number of hydrogen-bond acceptors (Lipinski definition) is 7. The van der Waals surface area contributed by atoms with Crippen LogP contribution >= 0.6 is 11.3 Å². The van der Waals surface area contributed by atoms with Crippen LogP contribution in [0.2, 0.25) is 0 Å². The first kappa shape index (κ1) is 23.9. The molecule has 0 bridgehead atoms. The maximum Gasteiger partial charge on any atom is 0.250 e. The zero-order chi connectivity index (χ0) is 22.6. The lowest BCUT2D eigenvalue weighted by molar-refractivity contribution is -0.183. The van der Waals surface area contributed by atoms with Gasteiger partial charge < -0.3 is 20.5 Å². The van der Waals surface area contributed by atoms with Gasteiger partial charge in [-0.2, -0.15) is 0 Å². The molecule has 1 unspecified atom stereocenters. The van der Waals surface area contributed by atoms with Gasteiger partial charge in [-0.15, -0.1) is 11.3 Å². The summed E-state index contributed by atoms with van der Waals surface area (Å²) in [7, 11) is 0. The number of hydrogen-bond donors (Lipinski definition) is 3. The molecule has 1 aliphatic heterocycles. The van der Waals surface area contributed by atoms with E-state index in [0.717, 1.165) is 55.0 Å². The second kappa shape index (κ2) is 10.3. The van der Waals surface area contributed by atoms with E-state index in [1.165, 1.54) is 0 Å². The number of aliphatic imine (C=N–C) groups is 1. The summed E-state index contributed by atoms with van der Waals surface area (Å²) in [5, 5.41) is 15.0. The van der Waals surface area contributed by atoms with Crippen molar-refractivity contribution in [2.24, 2.45) is 22.6 Å². The number of fused-ring (bicyclic) bond motifs is 1. The molecule has 1 aromatic heterocycles. The quantitative estimate of drug-likeness (QED) is 0.502. The third-order valence-corrected chi connectivity index (χ3v) is 6.38. The average molecular weight is 449 g/mol. The average Bonchev–Trinajstić information content (AvgIpc) is 2.99. The standard InChI is InChI=1S/C23H36N4O3S/c1-5-7-27(14-16-9-15(10-16)13-25-22(29)30-23(2,3)4)21(28)17-11-19-18(6-8-31-19)26-20(24)12-17/h6,8,11,15-16,22,25,29H,5,7,9-10,12-14H2,1-4H3,(H2,24,26)/t15-,16+,22?. The molecule has 0 spiro atoms. The predicted octanol–water partition coefficient (Wildman–Crippen LogP) is 3.47. The van der Waals surface area contributed by atoms with E-state index in [4.69, 9.17) is 10.5 Å². The molecule has 3 rings (SSSR count). The molecule has 2 heterocycles. The van der Waals surface area contributed by atoms with Gasteiger partial charge in [0, 0.05) is 31.6 Å². The number of nitrogens with two attached hydrogens (primary N) is 1. The van der Waals surface area contributed by atoms with Crippen molar-refractivity contribution >= 4 is 34.8 Å². The van der Waals surface area contributed by atoms with Gasteiger partial charge in [0.1, 0.15) is 5.84 Å². The summed E-state index contributed by atoms with van der Waals surface area (Å²) in [6, 6.07) is 1.94. The molecule has 8 heteroatoms. The van der Waals surface area contributed by atoms with Gasteiger partial charge >= 0.3 is 0 Å². The van der Waals surface area contributed by atoms with Gasteiger partial charge in [0.05, 0.1) is 16.2 Å². The summed E-state index contributed by atoms with van der Waals surface area (Å²) in [5.41, 5.74) is 7.25. The van der Waals surface area contributed by atoms with Crippen molar-refractivity contribution < 1.29 is 14.6 Å². The summed E-state index contributed by atoms with van der Waals surface area (Å²) in [6.07, 6.45) is 4.40. The second-order valence-corrected chi connectivity index (χ2v) is 10.5. The van der Waals surface area contributed by atoms with Crippen molar-refractivity contribution in [3.05, 3.63) is 21.9 Å². The number of thiophene rings is 1. The van der Waals surface area contributed by atoms with Crippen LogP contribution in [0.25, 0.3) is 6.08 Å². The van der Waals surface area contributed by atoms with Gasteiger partial charge in [0.15, 0.2) is 0 Å². The molecule has 1 saturated carbocycles. The Balaban J connectivity index is 1.52. The normalized spacial score (nSPS) is 22.0. The zero-order valence-corrected chi connectivity index (χ0v) is 19.9. The first-order chi connectivity index (χ1) is 14.6. The Kier molecular flexibility index (Phi) is 7.91. The highest BCUT2D eigenvalue weighted by atomic mass is 32.1. The second-order valence-electron chi connectivity index (χ2n) is 9.57. The third-order valence-electron chi connectivity index (χ3n) is 5.53. The molecular weight excluding hydrogens is 412 g/mol. The van der Waals surface area contributed by atoms with Crippen LogP contribution in [0.5, 0.6) is 0 Å². The molecule has 0 aromatic carbocycles. The Bertz CT molecular complexity index is 821. The first-order valence-corrected chi connectivity index (χ1v) is 12.0. The van der Waals surface area contributed by atoms with Gasteiger partial charge in [0.2, 0.25) is 12.3 Å². The first-order valence-electron chi connectivity index (χ1n) is 11.1. The van der Waals surface area contributed by atoms with E-state index in [9.17, 15) is 9.90 Å². The van der Waals surface area contributed by atoms with E-state index < -0.39 is 6.41 Å². The van der Waals surface area contributed by atoms with Gasteiger partial charge in [-0.1, -0.05) is 6.92 Å². The van der Waals surface area contributed by atoms with Gasteiger partial charge in [-0.05, 0) is 69.4 Å². The van der Waals surface area contributed by atoms with Crippen LogP contribution in [0.15, 0.2) is 22.0 Å². The summed E-state index contributed by atoms with van der Waals surface area (Å²) in [4.78, 5) is 20.7. The van der Waals surface area contributed by atoms with Gasteiger partial charge in [-0.3, -0.25) is 10.1 Å². The molecule has 1 amide bonds. The number of ether oxygens (including phenoxy) is 1. The maximum absolute atomic E-state index is 13.3. The van der Waals surface area contributed by atoms with Crippen LogP contribution in [0, 0.1) is 11.8 Å². The van der Waals surface area contributed by atoms with Crippen LogP contribution in [-0.2, 0) is 9.53 Å². The molecule has 0 radical (unpaired) electrons. The topological polar surface area (TPSA) is 100 Å². The number of aliphatic hydroxyl groups is 1. The van der Waals surface area contributed by atoms with Crippen LogP contribution in [0.4, 0.5) is 5.69 Å². The van der Waals surface area contributed by atoms with E-state index >= 15 is 0 Å².